The fraction of sp³-hybridized carbons (Fsp3) is 0.273. The highest BCUT2D eigenvalue weighted by atomic mass is 14.6. The van der Waals surface area contributed by atoms with E-state index in [2.05, 4.69) is 48.9 Å². The van der Waals surface area contributed by atoms with Crippen molar-refractivity contribution in [2.75, 3.05) is 0 Å². The summed E-state index contributed by atoms with van der Waals surface area (Å²) in [7, 11) is 0. The van der Waals surface area contributed by atoms with Gasteiger partial charge in [-0.15, -0.1) is 0 Å². The number of nitrogens with zero attached hydrogens (tertiary/aromatic N) is 2. The summed E-state index contributed by atoms with van der Waals surface area (Å²) in [6.45, 7) is 10.4. The van der Waals surface area contributed by atoms with Gasteiger partial charge in [-0.25, -0.2) is 0 Å². The Kier molecular flexibility index (Phi) is 9.06. The summed E-state index contributed by atoms with van der Waals surface area (Å²) >= 11 is 0. The Morgan fingerprint density at radius 2 is 0.958 bits per heavy atom. The minimum Gasteiger partial charge on any atom is -0.265 e. The van der Waals surface area contributed by atoms with Gasteiger partial charge in [0.25, 0.3) is 0 Å². The Morgan fingerprint density at radius 3 is 1.29 bits per heavy atom. The Labute approximate surface area is 146 Å². The van der Waals surface area contributed by atoms with Crippen molar-refractivity contribution < 1.29 is 0 Å². The van der Waals surface area contributed by atoms with Crippen LogP contribution in [0.25, 0.3) is 22.3 Å². The second-order valence-electron chi connectivity index (χ2n) is 5.27. The Hall–Kier alpha value is -2.48. The Morgan fingerprint density at radius 1 is 0.625 bits per heavy atom. The van der Waals surface area contributed by atoms with Gasteiger partial charge < -0.3 is 0 Å². The van der Waals surface area contributed by atoms with Crippen LogP contribution in [0.2, 0.25) is 0 Å². The van der Waals surface area contributed by atoms with E-state index in [4.69, 9.17) is 0 Å². The molecule has 2 aromatic heterocycles. The van der Waals surface area contributed by atoms with Crippen LogP contribution < -0.4 is 0 Å². The van der Waals surface area contributed by atoms with Crippen molar-refractivity contribution in [2.45, 2.75) is 41.0 Å². The van der Waals surface area contributed by atoms with Crippen molar-refractivity contribution in [3.8, 4) is 22.3 Å². The van der Waals surface area contributed by atoms with Gasteiger partial charge in [-0.05, 0) is 65.1 Å². The molecule has 2 nitrogen and oxygen atoms in total. The van der Waals surface area contributed by atoms with Gasteiger partial charge in [-0.1, -0.05) is 46.2 Å². The molecule has 24 heavy (non-hydrogen) atoms. The van der Waals surface area contributed by atoms with Crippen molar-refractivity contribution in [1.29, 1.82) is 0 Å². The molecule has 0 aliphatic rings. The maximum absolute atomic E-state index is 4.07. The van der Waals surface area contributed by atoms with E-state index < -0.39 is 0 Å². The number of rotatable bonds is 2. The first-order chi connectivity index (χ1) is 11.7. The molecule has 0 bridgehead atoms. The van der Waals surface area contributed by atoms with Crippen molar-refractivity contribution in [3.63, 3.8) is 0 Å². The van der Waals surface area contributed by atoms with Crippen LogP contribution in [0.5, 0.6) is 0 Å². The second kappa shape index (κ2) is 11.1. The van der Waals surface area contributed by atoms with Gasteiger partial charge in [-0.2, -0.15) is 0 Å². The van der Waals surface area contributed by atoms with Crippen LogP contribution >= 0.6 is 0 Å². The van der Waals surface area contributed by atoms with Crippen LogP contribution in [0, 0.1) is 6.92 Å². The number of benzene rings is 1. The molecule has 0 amide bonds. The van der Waals surface area contributed by atoms with E-state index >= 15 is 0 Å². The van der Waals surface area contributed by atoms with Crippen LogP contribution in [-0.4, -0.2) is 9.97 Å². The number of aromatic nitrogens is 2. The highest BCUT2D eigenvalue weighted by Crippen LogP contribution is 2.27. The predicted octanol–water partition coefficient (Wildman–Crippen LogP) is 6.56. The van der Waals surface area contributed by atoms with Crippen LogP contribution in [0.1, 0.15) is 39.7 Å². The molecule has 2 heterocycles. The van der Waals surface area contributed by atoms with E-state index in [9.17, 15) is 0 Å². The van der Waals surface area contributed by atoms with Crippen LogP contribution in [0.15, 0.2) is 67.3 Å². The molecule has 126 valence electrons. The number of pyridine rings is 2. The quantitative estimate of drug-likeness (QED) is 0.534. The summed E-state index contributed by atoms with van der Waals surface area (Å²) in [4.78, 5) is 8.13. The average molecular weight is 320 g/mol. The molecule has 2 heteroatoms. The number of hydrogen-bond acceptors (Lipinski definition) is 2. The van der Waals surface area contributed by atoms with Crippen molar-refractivity contribution in [1.82, 2.24) is 9.97 Å². The van der Waals surface area contributed by atoms with Gasteiger partial charge in [0.2, 0.25) is 0 Å². The topological polar surface area (TPSA) is 25.8 Å². The Bertz CT molecular complexity index is 634. The normalized spacial score (nSPS) is 9.21. The largest absolute Gasteiger partial charge is 0.265 e. The summed E-state index contributed by atoms with van der Waals surface area (Å²) in [6.07, 6.45) is 8.54. The minimum absolute atomic E-state index is 1.19. The monoisotopic (exact) mass is 320 g/mol. The minimum atomic E-state index is 1.19. The molecule has 0 fully saturated rings. The summed E-state index contributed by atoms with van der Waals surface area (Å²) in [5, 5.41) is 0. The first-order valence-electron chi connectivity index (χ1n) is 8.67. The summed E-state index contributed by atoms with van der Waals surface area (Å²) in [5.74, 6) is 0. The van der Waals surface area contributed by atoms with E-state index in [1.807, 2.05) is 62.9 Å². The smallest absolute Gasteiger partial charge is 0.0273 e. The molecule has 3 aromatic rings. The molecule has 0 aliphatic carbocycles. The third-order valence-electron chi connectivity index (χ3n) is 3.10. The predicted molar refractivity (Wildman–Crippen MR) is 105 cm³/mol. The maximum Gasteiger partial charge on any atom is 0.0273 e. The van der Waals surface area contributed by atoms with Gasteiger partial charge in [-0.3, -0.25) is 9.97 Å². The SMILES string of the molecule is CC.CCC.Cc1cc(-c2ccncc2)cc(-c2ccncc2)c1. The molecule has 0 spiro atoms. The van der Waals surface area contributed by atoms with E-state index in [0.29, 0.717) is 0 Å². The Balaban J connectivity index is 0.000000521. The zero-order valence-electron chi connectivity index (χ0n) is 15.5. The highest BCUT2D eigenvalue weighted by Gasteiger charge is 2.03. The molecule has 0 aliphatic heterocycles. The number of hydrogen-bond donors (Lipinski definition) is 0. The van der Waals surface area contributed by atoms with Crippen LogP contribution in [0.4, 0.5) is 0 Å². The summed E-state index contributed by atoms with van der Waals surface area (Å²) in [6, 6.07) is 14.7. The maximum atomic E-state index is 4.07. The number of aryl methyl sites for hydroxylation is 1. The zero-order valence-corrected chi connectivity index (χ0v) is 15.5. The lowest BCUT2D eigenvalue weighted by Crippen LogP contribution is -1.85. The van der Waals surface area contributed by atoms with Gasteiger partial charge in [0, 0.05) is 24.8 Å². The third kappa shape index (κ3) is 5.96. The molecule has 0 radical (unpaired) electrons. The van der Waals surface area contributed by atoms with Crippen molar-refractivity contribution in [2.24, 2.45) is 0 Å². The molecule has 0 unspecified atom stereocenters. The molecule has 0 atom stereocenters. The van der Waals surface area contributed by atoms with Crippen LogP contribution in [0.3, 0.4) is 0 Å². The average Bonchev–Trinajstić information content (AvgIpc) is 2.65. The molecular weight excluding hydrogens is 292 g/mol. The highest BCUT2D eigenvalue weighted by molar-refractivity contribution is 5.73. The van der Waals surface area contributed by atoms with Gasteiger partial charge in [0.05, 0.1) is 0 Å². The standard InChI is InChI=1S/C17H14N2.C3H8.C2H6/c1-13-10-16(14-2-6-18-7-3-14)12-17(11-13)15-4-8-19-9-5-15;1-3-2;1-2/h2-12H,1H3;3H2,1-2H3;1-2H3. The summed E-state index contributed by atoms with van der Waals surface area (Å²) < 4.78 is 0. The van der Waals surface area contributed by atoms with Gasteiger partial charge in [0.1, 0.15) is 0 Å². The molecule has 0 saturated carbocycles. The lowest BCUT2D eigenvalue weighted by Gasteiger charge is -2.08. The lowest BCUT2D eigenvalue weighted by atomic mass is 9.98. The fourth-order valence-electron chi connectivity index (χ4n) is 2.21. The van der Waals surface area contributed by atoms with Crippen molar-refractivity contribution in [3.05, 3.63) is 72.8 Å². The fourth-order valence-corrected chi connectivity index (χ4v) is 2.21. The summed E-state index contributed by atoms with van der Waals surface area (Å²) in [5.41, 5.74) is 6.06. The van der Waals surface area contributed by atoms with E-state index in [-0.39, 0.29) is 0 Å². The molecule has 3 rings (SSSR count). The second-order valence-corrected chi connectivity index (χ2v) is 5.27. The van der Waals surface area contributed by atoms with E-state index in [1.165, 1.54) is 34.2 Å². The molecular formula is C22H28N2. The molecule has 0 saturated heterocycles. The molecule has 0 N–H and O–H groups in total. The lowest BCUT2D eigenvalue weighted by molar-refractivity contribution is 1.09. The van der Waals surface area contributed by atoms with Crippen molar-refractivity contribution >= 4 is 0 Å². The first-order valence-corrected chi connectivity index (χ1v) is 8.67. The van der Waals surface area contributed by atoms with Gasteiger partial charge in [0.15, 0.2) is 0 Å². The molecule has 1 aromatic carbocycles. The van der Waals surface area contributed by atoms with E-state index in [0.717, 1.165) is 0 Å². The first kappa shape index (κ1) is 19.6. The third-order valence-corrected chi connectivity index (χ3v) is 3.10. The van der Waals surface area contributed by atoms with E-state index in [1.54, 1.807) is 0 Å². The van der Waals surface area contributed by atoms with Crippen LogP contribution in [-0.2, 0) is 0 Å². The van der Waals surface area contributed by atoms with Gasteiger partial charge >= 0.3 is 0 Å². The zero-order chi connectivity index (χ0) is 17.8.